The SMILES string of the molecule is Oc1ccc(C=Cc2nc(-c3ccc(Cl)cc3)c(-c3ccccc3)[nH]2)cc1. The van der Waals surface area contributed by atoms with Crippen LogP contribution in [-0.2, 0) is 0 Å². The van der Waals surface area contributed by atoms with Crippen LogP contribution >= 0.6 is 11.6 Å². The summed E-state index contributed by atoms with van der Waals surface area (Å²) in [6.45, 7) is 0. The number of phenolic OH excluding ortho intramolecular Hbond substituents is 1. The number of H-pyrrole nitrogens is 1. The van der Waals surface area contributed by atoms with Crippen LogP contribution in [0.5, 0.6) is 5.75 Å². The van der Waals surface area contributed by atoms with Crippen LogP contribution in [0, 0.1) is 0 Å². The van der Waals surface area contributed by atoms with Crippen LogP contribution in [0.3, 0.4) is 0 Å². The number of aromatic nitrogens is 2. The van der Waals surface area contributed by atoms with Gasteiger partial charge in [0.2, 0.25) is 0 Å². The lowest BCUT2D eigenvalue weighted by atomic mass is 10.1. The fourth-order valence-corrected chi connectivity index (χ4v) is 2.99. The average Bonchev–Trinajstić information content (AvgIpc) is 3.13. The number of nitrogens with zero attached hydrogens (tertiary/aromatic N) is 1. The fourth-order valence-electron chi connectivity index (χ4n) is 2.86. The van der Waals surface area contributed by atoms with Crippen LogP contribution in [0.25, 0.3) is 34.7 Å². The van der Waals surface area contributed by atoms with E-state index in [9.17, 15) is 5.11 Å². The van der Waals surface area contributed by atoms with Gasteiger partial charge in [0.15, 0.2) is 0 Å². The number of hydrogen-bond donors (Lipinski definition) is 2. The molecule has 0 radical (unpaired) electrons. The minimum atomic E-state index is 0.251. The number of aromatic amines is 1. The van der Waals surface area contributed by atoms with E-state index in [0.717, 1.165) is 33.9 Å². The van der Waals surface area contributed by atoms with Crippen LogP contribution in [-0.4, -0.2) is 15.1 Å². The van der Waals surface area contributed by atoms with Crippen LogP contribution in [0.4, 0.5) is 0 Å². The van der Waals surface area contributed by atoms with Gasteiger partial charge in [-0.05, 0) is 35.9 Å². The molecule has 0 fully saturated rings. The Morgan fingerprint density at radius 3 is 2.19 bits per heavy atom. The highest BCUT2D eigenvalue weighted by Gasteiger charge is 2.13. The number of imidazole rings is 1. The Morgan fingerprint density at radius 1 is 0.778 bits per heavy atom. The first-order valence-electron chi connectivity index (χ1n) is 8.57. The van der Waals surface area contributed by atoms with Crippen molar-refractivity contribution in [3.63, 3.8) is 0 Å². The fraction of sp³-hybridized carbons (Fsp3) is 0. The number of halogens is 1. The maximum absolute atomic E-state index is 9.40. The van der Waals surface area contributed by atoms with E-state index in [0.29, 0.717) is 5.02 Å². The van der Waals surface area contributed by atoms with E-state index in [1.54, 1.807) is 12.1 Å². The lowest BCUT2D eigenvalue weighted by molar-refractivity contribution is 0.475. The first kappa shape index (κ1) is 17.1. The second-order valence-corrected chi connectivity index (χ2v) is 6.58. The van der Waals surface area contributed by atoms with Crippen molar-refractivity contribution in [2.24, 2.45) is 0 Å². The standard InChI is InChI=1S/C23H17ClN2O/c24-19-11-9-18(10-12-19)23-22(17-4-2-1-3-5-17)25-21(26-23)15-8-16-6-13-20(27)14-7-16/h1-15,27H,(H,25,26). The summed E-state index contributed by atoms with van der Waals surface area (Å²) < 4.78 is 0. The minimum Gasteiger partial charge on any atom is -0.508 e. The van der Waals surface area contributed by atoms with Crippen molar-refractivity contribution in [2.75, 3.05) is 0 Å². The molecule has 0 aliphatic heterocycles. The molecule has 132 valence electrons. The Kier molecular flexibility index (Phi) is 4.77. The van der Waals surface area contributed by atoms with Crippen molar-refractivity contribution >= 4 is 23.8 Å². The quantitative estimate of drug-likeness (QED) is 0.443. The minimum absolute atomic E-state index is 0.251. The van der Waals surface area contributed by atoms with Crippen LogP contribution in [0.2, 0.25) is 5.02 Å². The first-order chi connectivity index (χ1) is 13.2. The molecule has 0 bridgehead atoms. The third-order valence-electron chi connectivity index (χ3n) is 4.23. The lowest BCUT2D eigenvalue weighted by Gasteiger charge is -2.03. The molecule has 0 saturated heterocycles. The van der Waals surface area contributed by atoms with E-state index in [2.05, 4.69) is 17.1 Å². The smallest absolute Gasteiger partial charge is 0.131 e. The largest absolute Gasteiger partial charge is 0.508 e. The molecule has 0 amide bonds. The van der Waals surface area contributed by atoms with Gasteiger partial charge in [0.1, 0.15) is 11.6 Å². The highest BCUT2D eigenvalue weighted by molar-refractivity contribution is 6.30. The molecule has 2 N–H and O–H groups in total. The van der Waals surface area contributed by atoms with Gasteiger partial charge < -0.3 is 10.1 Å². The zero-order valence-corrected chi connectivity index (χ0v) is 15.2. The molecule has 0 atom stereocenters. The lowest BCUT2D eigenvalue weighted by Crippen LogP contribution is -1.83. The van der Waals surface area contributed by atoms with E-state index in [-0.39, 0.29) is 5.75 Å². The molecule has 4 heteroatoms. The molecule has 0 saturated carbocycles. The number of benzene rings is 3. The van der Waals surface area contributed by atoms with Crippen LogP contribution in [0.1, 0.15) is 11.4 Å². The molecule has 1 aromatic heterocycles. The Labute approximate surface area is 162 Å². The summed E-state index contributed by atoms with van der Waals surface area (Å²) in [5.41, 5.74) is 4.89. The monoisotopic (exact) mass is 372 g/mol. The Hall–Kier alpha value is -3.30. The topological polar surface area (TPSA) is 48.9 Å². The summed E-state index contributed by atoms with van der Waals surface area (Å²) in [7, 11) is 0. The summed E-state index contributed by atoms with van der Waals surface area (Å²) in [4.78, 5) is 8.20. The average molecular weight is 373 g/mol. The second kappa shape index (κ2) is 7.52. The molecule has 3 nitrogen and oxygen atoms in total. The van der Waals surface area contributed by atoms with Gasteiger partial charge in [-0.3, -0.25) is 0 Å². The van der Waals surface area contributed by atoms with Crippen LogP contribution in [0.15, 0.2) is 78.9 Å². The molecular formula is C23H17ClN2O. The molecule has 0 aliphatic carbocycles. The van der Waals surface area contributed by atoms with E-state index < -0.39 is 0 Å². The predicted molar refractivity (Wildman–Crippen MR) is 112 cm³/mol. The van der Waals surface area contributed by atoms with E-state index >= 15 is 0 Å². The number of rotatable bonds is 4. The normalized spacial score (nSPS) is 11.1. The van der Waals surface area contributed by atoms with Crippen LogP contribution < -0.4 is 0 Å². The van der Waals surface area contributed by atoms with Crippen molar-refractivity contribution in [3.05, 3.63) is 95.3 Å². The first-order valence-corrected chi connectivity index (χ1v) is 8.95. The Balaban J connectivity index is 1.75. The molecule has 0 spiro atoms. The Morgan fingerprint density at radius 2 is 1.48 bits per heavy atom. The van der Waals surface area contributed by atoms with Gasteiger partial charge in [-0.25, -0.2) is 4.98 Å². The van der Waals surface area contributed by atoms with Crippen molar-refractivity contribution in [2.45, 2.75) is 0 Å². The van der Waals surface area contributed by atoms with Gasteiger partial charge in [0, 0.05) is 16.1 Å². The summed E-state index contributed by atoms with van der Waals surface area (Å²) in [5.74, 6) is 1.01. The van der Waals surface area contributed by atoms with Gasteiger partial charge in [-0.15, -0.1) is 0 Å². The summed E-state index contributed by atoms with van der Waals surface area (Å²) in [6.07, 6.45) is 3.89. The molecule has 0 unspecified atom stereocenters. The highest BCUT2D eigenvalue weighted by atomic mass is 35.5. The van der Waals surface area contributed by atoms with Gasteiger partial charge in [-0.1, -0.05) is 72.3 Å². The van der Waals surface area contributed by atoms with E-state index in [1.807, 2.05) is 66.7 Å². The number of hydrogen-bond acceptors (Lipinski definition) is 2. The highest BCUT2D eigenvalue weighted by Crippen LogP contribution is 2.31. The summed E-state index contributed by atoms with van der Waals surface area (Å²) in [5, 5.41) is 10.1. The third kappa shape index (κ3) is 3.94. The van der Waals surface area contributed by atoms with Crippen molar-refractivity contribution in [1.29, 1.82) is 0 Å². The summed E-state index contributed by atoms with van der Waals surface area (Å²) in [6, 6.07) is 24.8. The zero-order chi connectivity index (χ0) is 18.6. The van der Waals surface area contributed by atoms with Gasteiger partial charge in [-0.2, -0.15) is 0 Å². The molecule has 27 heavy (non-hydrogen) atoms. The second-order valence-electron chi connectivity index (χ2n) is 6.14. The van der Waals surface area contributed by atoms with Crippen molar-refractivity contribution in [1.82, 2.24) is 9.97 Å². The summed E-state index contributed by atoms with van der Waals surface area (Å²) >= 11 is 6.03. The van der Waals surface area contributed by atoms with Gasteiger partial charge >= 0.3 is 0 Å². The number of nitrogens with one attached hydrogen (secondary N) is 1. The molecule has 4 rings (SSSR count). The maximum atomic E-state index is 9.40. The maximum Gasteiger partial charge on any atom is 0.131 e. The van der Waals surface area contributed by atoms with Crippen molar-refractivity contribution < 1.29 is 5.11 Å². The molecule has 0 aliphatic rings. The van der Waals surface area contributed by atoms with Crippen molar-refractivity contribution in [3.8, 4) is 28.3 Å². The molecular weight excluding hydrogens is 356 g/mol. The third-order valence-corrected chi connectivity index (χ3v) is 4.48. The Bertz CT molecular complexity index is 1070. The van der Waals surface area contributed by atoms with Gasteiger partial charge in [0.25, 0.3) is 0 Å². The zero-order valence-electron chi connectivity index (χ0n) is 14.4. The number of aromatic hydroxyl groups is 1. The number of phenols is 1. The van der Waals surface area contributed by atoms with Gasteiger partial charge in [0.05, 0.1) is 11.4 Å². The molecule has 1 heterocycles. The molecule has 3 aromatic carbocycles. The predicted octanol–water partition coefficient (Wildman–Crippen LogP) is 6.27. The molecule has 4 aromatic rings. The van der Waals surface area contributed by atoms with E-state index in [4.69, 9.17) is 16.6 Å². The van der Waals surface area contributed by atoms with E-state index in [1.165, 1.54) is 0 Å².